The van der Waals surface area contributed by atoms with Gasteiger partial charge in [0, 0.05) is 18.4 Å². The van der Waals surface area contributed by atoms with Crippen LogP contribution in [0.2, 0.25) is 0 Å². The molecule has 116 valence electrons. The molecule has 2 unspecified atom stereocenters. The number of carbonyl (C=O) groups excluding carboxylic acids is 1. The predicted octanol–water partition coefficient (Wildman–Crippen LogP) is 1.95. The summed E-state index contributed by atoms with van der Waals surface area (Å²) < 4.78 is 7.67. The van der Waals surface area contributed by atoms with Gasteiger partial charge in [-0.05, 0) is 44.2 Å². The minimum Gasteiger partial charge on any atom is -0.375 e. The Balaban J connectivity index is 1.48. The predicted molar refractivity (Wildman–Crippen MR) is 82.5 cm³/mol. The second-order valence-corrected chi connectivity index (χ2v) is 6.72. The smallest absolute Gasteiger partial charge is 0.225 e. The Bertz CT molecular complexity index is 707. The molecule has 1 saturated heterocycles. The van der Waals surface area contributed by atoms with Crippen molar-refractivity contribution in [3.8, 4) is 0 Å². The van der Waals surface area contributed by atoms with E-state index in [1.807, 2.05) is 24.4 Å². The van der Waals surface area contributed by atoms with E-state index < -0.39 is 0 Å². The molecule has 5 heteroatoms. The van der Waals surface area contributed by atoms with E-state index in [1.54, 1.807) is 10.7 Å². The molecule has 22 heavy (non-hydrogen) atoms. The van der Waals surface area contributed by atoms with Gasteiger partial charge in [0.1, 0.15) is 0 Å². The fourth-order valence-electron chi connectivity index (χ4n) is 3.57. The molecule has 2 aromatic rings. The molecule has 2 aliphatic rings. The summed E-state index contributed by atoms with van der Waals surface area (Å²) in [7, 11) is 0. The molecule has 1 aliphatic heterocycles. The molecule has 1 N–H and O–H groups in total. The average Bonchev–Trinajstić information content (AvgIpc) is 3.16. The van der Waals surface area contributed by atoms with Gasteiger partial charge < -0.3 is 10.1 Å². The van der Waals surface area contributed by atoms with E-state index in [4.69, 9.17) is 4.74 Å². The van der Waals surface area contributed by atoms with Crippen LogP contribution in [0, 0.1) is 5.92 Å². The number of rotatable bonds is 4. The Kier molecular flexibility index (Phi) is 3.18. The summed E-state index contributed by atoms with van der Waals surface area (Å²) in [4.78, 5) is 12.5. The Morgan fingerprint density at radius 2 is 2.36 bits per heavy atom. The molecule has 5 nitrogen and oxygen atoms in total. The van der Waals surface area contributed by atoms with Crippen LogP contribution in [0.5, 0.6) is 0 Å². The topological polar surface area (TPSA) is 55.6 Å². The summed E-state index contributed by atoms with van der Waals surface area (Å²) >= 11 is 0. The zero-order chi connectivity index (χ0) is 15.2. The summed E-state index contributed by atoms with van der Waals surface area (Å²) in [5.74, 6) is 0.683. The van der Waals surface area contributed by atoms with Crippen LogP contribution in [0.3, 0.4) is 0 Å². The second kappa shape index (κ2) is 5.09. The van der Waals surface area contributed by atoms with E-state index in [0.29, 0.717) is 12.3 Å². The Morgan fingerprint density at radius 1 is 1.50 bits per heavy atom. The van der Waals surface area contributed by atoms with Gasteiger partial charge in [0.25, 0.3) is 0 Å². The maximum atomic E-state index is 12.5. The number of ether oxygens (including phenoxy) is 1. The molecule has 0 aromatic carbocycles. The van der Waals surface area contributed by atoms with E-state index in [2.05, 4.69) is 17.3 Å². The highest BCUT2D eigenvalue weighted by atomic mass is 16.5. The van der Waals surface area contributed by atoms with Crippen molar-refractivity contribution in [2.45, 2.75) is 44.2 Å². The van der Waals surface area contributed by atoms with Gasteiger partial charge in [0.15, 0.2) is 0 Å². The molecule has 0 radical (unpaired) electrons. The normalized spacial score (nSPS) is 28.1. The highest BCUT2D eigenvalue weighted by Crippen LogP contribution is 2.43. The highest BCUT2D eigenvalue weighted by molar-refractivity contribution is 5.81. The van der Waals surface area contributed by atoms with E-state index in [1.165, 1.54) is 12.8 Å². The monoisotopic (exact) mass is 299 g/mol. The van der Waals surface area contributed by atoms with Crippen molar-refractivity contribution >= 4 is 11.4 Å². The van der Waals surface area contributed by atoms with E-state index in [9.17, 15) is 4.79 Å². The third kappa shape index (κ3) is 2.39. The first-order valence-corrected chi connectivity index (χ1v) is 8.00. The standard InChI is InChI=1S/C17H21N3O2/c1-17(7-9-22-16(17)12-5-6-12)19-15(21)10-13-11-18-20-8-3-2-4-14(13)20/h2-4,8,11-12,16H,5-7,9-10H2,1H3,(H,19,21). The first-order valence-electron chi connectivity index (χ1n) is 8.00. The highest BCUT2D eigenvalue weighted by Gasteiger charge is 2.48. The van der Waals surface area contributed by atoms with Gasteiger partial charge in [-0.15, -0.1) is 0 Å². The summed E-state index contributed by atoms with van der Waals surface area (Å²) in [5, 5.41) is 7.51. The number of fused-ring (bicyclic) bond motifs is 1. The summed E-state index contributed by atoms with van der Waals surface area (Å²) in [6.45, 7) is 2.87. The quantitative estimate of drug-likeness (QED) is 0.939. The van der Waals surface area contributed by atoms with Crippen LogP contribution in [0.25, 0.3) is 5.52 Å². The largest absolute Gasteiger partial charge is 0.375 e. The van der Waals surface area contributed by atoms with Gasteiger partial charge in [-0.25, -0.2) is 4.52 Å². The Labute approximate surface area is 129 Å². The molecule has 4 rings (SSSR count). The molecule has 2 aromatic heterocycles. The summed E-state index contributed by atoms with van der Waals surface area (Å²) in [6, 6.07) is 5.89. The van der Waals surface area contributed by atoms with Crippen molar-refractivity contribution in [3.05, 3.63) is 36.2 Å². The summed E-state index contributed by atoms with van der Waals surface area (Å²) in [5.41, 5.74) is 1.73. The number of hydrogen-bond donors (Lipinski definition) is 1. The molecular weight excluding hydrogens is 278 g/mol. The lowest BCUT2D eigenvalue weighted by Crippen LogP contribution is -2.52. The number of nitrogens with one attached hydrogen (secondary N) is 1. The fraction of sp³-hybridized carbons (Fsp3) is 0.529. The molecule has 1 saturated carbocycles. The van der Waals surface area contributed by atoms with Crippen molar-refractivity contribution in [1.82, 2.24) is 14.9 Å². The number of nitrogens with zero attached hydrogens (tertiary/aromatic N) is 2. The third-order valence-electron chi connectivity index (χ3n) is 4.88. The Morgan fingerprint density at radius 3 is 3.18 bits per heavy atom. The lowest BCUT2D eigenvalue weighted by Gasteiger charge is -2.31. The lowest BCUT2D eigenvalue weighted by molar-refractivity contribution is -0.123. The van der Waals surface area contributed by atoms with Gasteiger partial charge in [-0.3, -0.25) is 4.79 Å². The molecule has 2 fully saturated rings. The number of amides is 1. The van der Waals surface area contributed by atoms with Crippen molar-refractivity contribution in [2.75, 3.05) is 6.61 Å². The minimum absolute atomic E-state index is 0.0532. The van der Waals surface area contributed by atoms with Crippen molar-refractivity contribution < 1.29 is 9.53 Å². The summed E-state index contributed by atoms with van der Waals surface area (Å²) in [6.07, 6.45) is 7.57. The van der Waals surface area contributed by atoms with Gasteiger partial charge in [-0.2, -0.15) is 5.10 Å². The van der Waals surface area contributed by atoms with E-state index in [-0.39, 0.29) is 17.6 Å². The number of pyridine rings is 1. The fourth-order valence-corrected chi connectivity index (χ4v) is 3.57. The van der Waals surface area contributed by atoms with Crippen LogP contribution < -0.4 is 5.32 Å². The zero-order valence-electron chi connectivity index (χ0n) is 12.8. The van der Waals surface area contributed by atoms with Crippen LogP contribution in [-0.2, 0) is 16.0 Å². The van der Waals surface area contributed by atoms with Crippen LogP contribution in [0.15, 0.2) is 30.6 Å². The van der Waals surface area contributed by atoms with Gasteiger partial charge in [0.05, 0.1) is 29.8 Å². The molecular formula is C17H21N3O2. The average molecular weight is 299 g/mol. The van der Waals surface area contributed by atoms with E-state index in [0.717, 1.165) is 24.1 Å². The molecule has 1 amide bonds. The van der Waals surface area contributed by atoms with Crippen molar-refractivity contribution in [1.29, 1.82) is 0 Å². The van der Waals surface area contributed by atoms with Crippen molar-refractivity contribution in [2.24, 2.45) is 5.92 Å². The van der Waals surface area contributed by atoms with E-state index >= 15 is 0 Å². The molecule has 3 heterocycles. The van der Waals surface area contributed by atoms with Crippen LogP contribution in [0.4, 0.5) is 0 Å². The van der Waals surface area contributed by atoms with Gasteiger partial charge >= 0.3 is 0 Å². The minimum atomic E-state index is -0.221. The SMILES string of the molecule is CC1(NC(=O)Cc2cnn3ccccc23)CCOC1C1CC1. The molecule has 0 bridgehead atoms. The molecule has 0 spiro atoms. The number of hydrogen-bond acceptors (Lipinski definition) is 3. The zero-order valence-corrected chi connectivity index (χ0v) is 12.8. The van der Waals surface area contributed by atoms with Crippen LogP contribution in [-0.4, -0.2) is 33.8 Å². The van der Waals surface area contributed by atoms with Crippen LogP contribution >= 0.6 is 0 Å². The second-order valence-electron chi connectivity index (χ2n) is 6.72. The first-order chi connectivity index (χ1) is 10.7. The first kappa shape index (κ1) is 13.8. The Hall–Kier alpha value is -1.88. The third-order valence-corrected chi connectivity index (χ3v) is 4.88. The lowest BCUT2D eigenvalue weighted by atomic mass is 9.90. The van der Waals surface area contributed by atoms with Gasteiger partial charge in [0.2, 0.25) is 5.91 Å². The maximum absolute atomic E-state index is 12.5. The van der Waals surface area contributed by atoms with Crippen molar-refractivity contribution in [3.63, 3.8) is 0 Å². The maximum Gasteiger partial charge on any atom is 0.225 e. The number of carbonyl (C=O) groups is 1. The molecule has 2 atom stereocenters. The van der Waals surface area contributed by atoms with Crippen LogP contribution in [0.1, 0.15) is 31.7 Å². The van der Waals surface area contributed by atoms with Gasteiger partial charge in [-0.1, -0.05) is 6.07 Å². The molecule has 1 aliphatic carbocycles. The number of aromatic nitrogens is 2.